The van der Waals surface area contributed by atoms with E-state index in [1.807, 2.05) is 20.8 Å². The van der Waals surface area contributed by atoms with Gasteiger partial charge in [-0.15, -0.1) is 6.58 Å². The summed E-state index contributed by atoms with van der Waals surface area (Å²) < 4.78 is 0. The Hall–Kier alpha value is -1.32. The maximum atomic E-state index is 11.4. The van der Waals surface area contributed by atoms with E-state index in [4.69, 9.17) is 0 Å². The fourth-order valence-electron chi connectivity index (χ4n) is 1.45. The maximum Gasteiger partial charge on any atom is 0.222 e. The van der Waals surface area contributed by atoms with Crippen molar-refractivity contribution in [2.24, 2.45) is 0 Å². The van der Waals surface area contributed by atoms with Crippen molar-refractivity contribution in [1.29, 1.82) is 0 Å². The van der Waals surface area contributed by atoms with Gasteiger partial charge in [0.2, 0.25) is 11.8 Å². The molecule has 0 saturated carbocycles. The van der Waals surface area contributed by atoms with Crippen LogP contribution >= 0.6 is 0 Å². The third kappa shape index (κ3) is 5.53. The summed E-state index contributed by atoms with van der Waals surface area (Å²) in [5, 5.41) is 2.68. The van der Waals surface area contributed by atoms with Crippen molar-refractivity contribution < 1.29 is 9.59 Å². The van der Waals surface area contributed by atoms with E-state index in [2.05, 4.69) is 11.9 Å². The number of hydrogen-bond acceptors (Lipinski definition) is 2. The van der Waals surface area contributed by atoms with E-state index in [0.29, 0.717) is 19.5 Å². The average Bonchev–Trinajstić information content (AvgIpc) is 2.12. The van der Waals surface area contributed by atoms with Crippen molar-refractivity contribution in [3.05, 3.63) is 12.7 Å². The summed E-state index contributed by atoms with van der Waals surface area (Å²) in [5.74, 6) is -0.0700. The van der Waals surface area contributed by atoms with Crippen LogP contribution in [0, 0.1) is 0 Å². The summed E-state index contributed by atoms with van der Waals surface area (Å²) in [6, 6.07) is 0. The molecule has 0 aromatic carbocycles. The topological polar surface area (TPSA) is 49.4 Å². The zero-order valence-electron chi connectivity index (χ0n) is 10.7. The highest BCUT2D eigenvalue weighted by Crippen LogP contribution is 2.13. The summed E-state index contributed by atoms with van der Waals surface area (Å²) in [5.41, 5.74) is -0.245. The highest BCUT2D eigenvalue weighted by molar-refractivity contribution is 5.78. The van der Waals surface area contributed by atoms with Gasteiger partial charge >= 0.3 is 0 Å². The molecule has 0 aromatic heterocycles. The van der Waals surface area contributed by atoms with E-state index in [0.717, 1.165) is 0 Å². The van der Waals surface area contributed by atoms with Crippen molar-refractivity contribution in [2.45, 2.75) is 39.7 Å². The molecule has 2 amide bonds. The van der Waals surface area contributed by atoms with E-state index >= 15 is 0 Å². The Labute approximate surface area is 97.7 Å². The molecule has 0 aliphatic heterocycles. The van der Waals surface area contributed by atoms with Crippen LogP contribution in [0.3, 0.4) is 0 Å². The SMILES string of the molecule is C=CCNC(=O)CCN(C(C)=O)C(C)(C)C. The quantitative estimate of drug-likeness (QED) is 0.719. The van der Waals surface area contributed by atoms with E-state index in [9.17, 15) is 9.59 Å². The number of carbonyl (C=O) groups excluding carboxylic acids is 2. The lowest BCUT2D eigenvalue weighted by Crippen LogP contribution is -2.46. The van der Waals surface area contributed by atoms with Crippen LogP contribution in [0.25, 0.3) is 0 Å². The molecule has 0 aromatic rings. The van der Waals surface area contributed by atoms with Crippen molar-refractivity contribution in [3.63, 3.8) is 0 Å². The molecular weight excluding hydrogens is 204 g/mol. The minimum absolute atomic E-state index is 0.0102. The lowest BCUT2D eigenvalue weighted by atomic mass is 10.1. The van der Waals surface area contributed by atoms with Crippen molar-refractivity contribution in [3.8, 4) is 0 Å². The zero-order chi connectivity index (χ0) is 12.8. The van der Waals surface area contributed by atoms with E-state index < -0.39 is 0 Å². The first-order valence-corrected chi connectivity index (χ1v) is 5.45. The van der Waals surface area contributed by atoms with Crippen LogP contribution in [-0.2, 0) is 9.59 Å². The lowest BCUT2D eigenvalue weighted by molar-refractivity contribution is -0.134. The molecule has 92 valence electrons. The molecule has 0 bridgehead atoms. The van der Waals surface area contributed by atoms with Gasteiger partial charge in [-0.2, -0.15) is 0 Å². The third-order valence-corrected chi connectivity index (χ3v) is 2.20. The smallest absolute Gasteiger partial charge is 0.222 e. The Morgan fingerprint density at radius 3 is 2.31 bits per heavy atom. The number of carbonyl (C=O) groups is 2. The van der Waals surface area contributed by atoms with Gasteiger partial charge in [0.25, 0.3) is 0 Å². The van der Waals surface area contributed by atoms with Crippen LogP contribution in [-0.4, -0.2) is 35.3 Å². The fourth-order valence-corrected chi connectivity index (χ4v) is 1.45. The van der Waals surface area contributed by atoms with Crippen molar-refractivity contribution in [2.75, 3.05) is 13.1 Å². The second kappa shape index (κ2) is 6.30. The Balaban J connectivity index is 4.18. The van der Waals surface area contributed by atoms with Gasteiger partial charge in [0.05, 0.1) is 0 Å². The molecule has 16 heavy (non-hydrogen) atoms. The van der Waals surface area contributed by atoms with Crippen LogP contribution in [0.1, 0.15) is 34.1 Å². The summed E-state index contributed by atoms with van der Waals surface area (Å²) in [4.78, 5) is 24.4. The Kier molecular flexibility index (Phi) is 5.78. The second-order valence-electron chi connectivity index (χ2n) is 4.68. The molecule has 0 fully saturated rings. The van der Waals surface area contributed by atoms with Crippen molar-refractivity contribution >= 4 is 11.8 Å². The molecule has 0 heterocycles. The Morgan fingerprint density at radius 1 is 1.38 bits per heavy atom. The normalized spacial score (nSPS) is 10.8. The van der Waals surface area contributed by atoms with Crippen LogP contribution in [0.5, 0.6) is 0 Å². The fraction of sp³-hybridized carbons (Fsp3) is 0.667. The standard InChI is InChI=1S/C12H22N2O2/c1-6-8-13-11(16)7-9-14(10(2)15)12(3,4)5/h6H,1,7-9H2,2-5H3,(H,13,16). The van der Waals surface area contributed by atoms with Gasteiger partial charge in [0.15, 0.2) is 0 Å². The van der Waals surface area contributed by atoms with Gasteiger partial charge in [-0.3, -0.25) is 9.59 Å². The first-order chi connectivity index (χ1) is 7.29. The number of nitrogens with one attached hydrogen (secondary N) is 1. The summed E-state index contributed by atoms with van der Waals surface area (Å²) in [7, 11) is 0. The summed E-state index contributed by atoms with van der Waals surface area (Å²) >= 11 is 0. The van der Waals surface area contributed by atoms with E-state index in [-0.39, 0.29) is 17.4 Å². The van der Waals surface area contributed by atoms with Crippen LogP contribution < -0.4 is 5.32 Å². The largest absolute Gasteiger partial charge is 0.353 e. The molecule has 0 rings (SSSR count). The predicted molar refractivity (Wildman–Crippen MR) is 65.0 cm³/mol. The Morgan fingerprint density at radius 2 is 1.94 bits per heavy atom. The predicted octanol–water partition coefficient (Wildman–Crippen LogP) is 1.33. The van der Waals surface area contributed by atoms with E-state index in [1.54, 1.807) is 11.0 Å². The highest BCUT2D eigenvalue weighted by Gasteiger charge is 2.23. The molecule has 0 aliphatic rings. The van der Waals surface area contributed by atoms with Crippen LogP contribution in [0.4, 0.5) is 0 Å². The molecule has 0 radical (unpaired) electrons. The molecule has 0 aliphatic carbocycles. The first kappa shape index (κ1) is 14.7. The zero-order valence-corrected chi connectivity index (χ0v) is 10.7. The average molecular weight is 226 g/mol. The maximum absolute atomic E-state index is 11.4. The minimum atomic E-state index is -0.245. The molecule has 1 N–H and O–H groups in total. The van der Waals surface area contributed by atoms with Crippen LogP contribution in [0.2, 0.25) is 0 Å². The third-order valence-electron chi connectivity index (χ3n) is 2.20. The number of rotatable bonds is 5. The summed E-state index contributed by atoms with van der Waals surface area (Å²) in [6.45, 7) is 11.8. The van der Waals surface area contributed by atoms with Gasteiger partial charge in [-0.05, 0) is 20.8 Å². The van der Waals surface area contributed by atoms with Crippen LogP contribution in [0.15, 0.2) is 12.7 Å². The number of nitrogens with zero attached hydrogens (tertiary/aromatic N) is 1. The number of amides is 2. The summed E-state index contributed by atoms with van der Waals surface area (Å²) in [6.07, 6.45) is 1.95. The molecule has 4 nitrogen and oxygen atoms in total. The number of hydrogen-bond donors (Lipinski definition) is 1. The van der Waals surface area contributed by atoms with Gasteiger partial charge < -0.3 is 10.2 Å². The van der Waals surface area contributed by atoms with Gasteiger partial charge in [0.1, 0.15) is 0 Å². The molecule has 0 saturated heterocycles. The van der Waals surface area contributed by atoms with E-state index in [1.165, 1.54) is 6.92 Å². The second-order valence-corrected chi connectivity index (χ2v) is 4.68. The van der Waals surface area contributed by atoms with Gasteiger partial charge in [0, 0.05) is 32.0 Å². The molecular formula is C12H22N2O2. The molecule has 0 unspecified atom stereocenters. The monoisotopic (exact) mass is 226 g/mol. The minimum Gasteiger partial charge on any atom is -0.353 e. The molecule has 0 spiro atoms. The molecule has 0 atom stereocenters. The Bertz CT molecular complexity index is 267. The molecule has 4 heteroatoms. The highest BCUT2D eigenvalue weighted by atomic mass is 16.2. The van der Waals surface area contributed by atoms with Gasteiger partial charge in [-0.1, -0.05) is 6.08 Å². The first-order valence-electron chi connectivity index (χ1n) is 5.45. The van der Waals surface area contributed by atoms with Gasteiger partial charge in [-0.25, -0.2) is 0 Å². The lowest BCUT2D eigenvalue weighted by Gasteiger charge is -2.34. The van der Waals surface area contributed by atoms with Crippen molar-refractivity contribution in [1.82, 2.24) is 10.2 Å².